The number of ether oxygens (including phenoxy) is 1. The molecule has 1 fully saturated rings. The van der Waals surface area contributed by atoms with Crippen molar-refractivity contribution >= 4 is 11.3 Å². The van der Waals surface area contributed by atoms with E-state index in [-0.39, 0.29) is 6.10 Å². The van der Waals surface area contributed by atoms with Crippen molar-refractivity contribution in [1.29, 1.82) is 0 Å². The van der Waals surface area contributed by atoms with Gasteiger partial charge in [0.1, 0.15) is 0 Å². The molecule has 0 amide bonds. The lowest BCUT2D eigenvalue weighted by Gasteiger charge is -2.39. The molecule has 2 rings (SSSR count). The molecule has 2 atom stereocenters. The fourth-order valence-corrected chi connectivity index (χ4v) is 3.67. The molecule has 0 bridgehead atoms. The van der Waals surface area contributed by atoms with Crippen LogP contribution in [0.2, 0.25) is 0 Å². The van der Waals surface area contributed by atoms with Gasteiger partial charge in [-0.25, -0.2) is 0 Å². The van der Waals surface area contributed by atoms with Crippen molar-refractivity contribution in [3.63, 3.8) is 0 Å². The van der Waals surface area contributed by atoms with E-state index in [2.05, 4.69) is 44.1 Å². The van der Waals surface area contributed by atoms with Crippen LogP contribution in [0.3, 0.4) is 0 Å². The molecule has 0 saturated carbocycles. The normalized spacial score (nSPS) is 25.6. The van der Waals surface area contributed by atoms with Crippen molar-refractivity contribution in [2.24, 2.45) is 0 Å². The Balaban J connectivity index is 2.21. The van der Waals surface area contributed by atoms with Crippen LogP contribution >= 0.6 is 11.3 Å². The Bertz CT molecular complexity index is 391. The first-order valence-corrected chi connectivity index (χ1v) is 7.54. The van der Waals surface area contributed by atoms with E-state index in [1.165, 1.54) is 15.3 Å². The van der Waals surface area contributed by atoms with E-state index in [0.29, 0.717) is 6.04 Å². The summed E-state index contributed by atoms with van der Waals surface area (Å²) >= 11 is 1.89. The van der Waals surface area contributed by atoms with E-state index in [0.717, 1.165) is 26.2 Å². The summed E-state index contributed by atoms with van der Waals surface area (Å²) in [6.45, 7) is 10.3. The standard InChI is InChI=1S/C14H24N2OS/c1-5-15-9-13-14(16(4)6-7-17-13)12-8-10(2)18-11(12)3/h8,13-15H,5-7,9H2,1-4H3. The number of nitrogens with one attached hydrogen (secondary N) is 1. The molecule has 3 nitrogen and oxygen atoms in total. The van der Waals surface area contributed by atoms with Gasteiger partial charge in [0.25, 0.3) is 0 Å². The van der Waals surface area contributed by atoms with Crippen molar-refractivity contribution in [1.82, 2.24) is 10.2 Å². The Hall–Kier alpha value is -0.420. The molecule has 0 aromatic carbocycles. The van der Waals surface area contributed by atoms with Gasteiger partial charge in [0, 0.05) is 22.8 Å². The van der Waals surface area contributed by atoms with E-state index >= 15 is 0 Å². The van der Waals surface area contributed by atoms with Crippen LogP contribution in [0.15, 0.2) is 6.07 Å². The van der Waals surface area contributed by atoms with Crippen LogP contribution in [0.5, 0.6) is 0 Å². The van der Waals surface area contributed by atoms with Crippen molar-refractivity contribution in [2.45, 2.75) is 32.9 Å². The van der Waals surface area contributed by atoms with Gasteiger partial charge in [0.05, 0.1) is 18.8 Å². The average molecular weight is 268 g/mol. The first-order chi connectivity index (χ1) is 8.63. The van der Waals surface area contributed by atoms with Gasteiger partial charge < -0.3 is 10.1 Å². The topological polar surface area (TPSA) is 24.5 Å². The summed E-state index contributed by atoms with van der Waals surface area (Å²) < 4.78 is 5.98. The molecule has 0 spiro atoms. The lowest BCUT2D eigenvalue weighted by molar-refractivity contribution is -0.0612. The Morgan fingerprint density at radius 3 is 2.89 bits per heavy atom. The Morgan fingerprint density at radius 1 is 1.50 bits per heavy atom. The summed E-state index contributed by atoms with van der Waals surface area (Å²) in [5.74, 6) is 0. The zero-order chi connectivity index (χ0) is 13.1. The number of morpholine rings is 1. The summed E-state index contributed by atoms with van der Waals surface area (Å²) in [6, 6.07) is 2.72. The minimum absolute atomic E-state index is 0.261. The molecule has 1 N–H and O–H groups in total. The van der Waals surface area contributed by atoms with Crippen LogP contribution in [0.1, 0.15) is 28.3 Å². The Labute approximate surface area is 114 Å². The number of hydrogen-bond acceptors (Lipinski definition) is 4. The maximum atomic E-state index is 5.98. The van der Waals surface area contributed by atoms with Gasteiger partial charge in [-0.1, -0.05) is 6.92 Å². The third kappa shape index (κ3) is 2.94. The van der Waals surface area contributed by atoms with Crippen molar-refractivity contribution in [3.05, 3.63) is 21.4 Å². The van der Waals surface area contributed by atoms with E-state index in [1.54, 1.807) is 0 Å². The molecule has 1 aliphatic heterocycles. The highest BCUT2D eigenvalue weighted by atomic mass is 32.1. The third-order valence-electron chi connectivity index (χ3n) is 3.60. The van der Waals surface area contributed by atoms with Gasteiger partial charge in [0.2, 0.25) is 0 Å². The molecule has 0 radical (unpaired) electrons. The zero-order valence-corrected chi connectivity index (χ0v) is 12.6. The number of rotatable bonds is 4. The Morgan fingerprint density at radius 2 is 2.28 bits per heavy atom. The van der Waals surface area contributed by atoms with Gasteiger partial charge in [-0.3, -0.25) is 4.90 Å². The highest BCUT2D eigenvalue weighted by Gasteiger charge is 2.32. The average Bonchev–Trinajstić information content (AvgIpc) is 2.65. The van der Waals surface area contributed by atoms with Crippen LogP contribution in [-0.4, -0.2) is 44.3 Å². The largest absolute Gasteiger partial charge is 0.374 e. The van der Waals surface area contributed by atoms with E-state index in [1.807, 2.05) is 11.3 Å². The van der Waals surface area contributed by atoms with Crippen molar-refractivity contribution in [3.8, 4) is 0 Å². The van der Waals surface area contributed by atoms with Crippen molar-refractivity contribution < 1.29 is 4.74 Å². The summed E-state index contributed by atoms with van der Waals surface area (Å²) in [5.41, 5.74) is 1.45. The Kier molecular flexibility index (Phi) is 4.78. The fourth-order valence-electron chi connectivity index (χ4n) is 2.70. The van der Waals surface area contributed by atoms with Gasteiger partial charge in [-0.15, -0.1) is 11.3 Å². The minimum atomic E-state index is 0.261. The zero-order valence-electron chi connectivity index (χ0n) is 11.8. The summed E-state index contributed by atoms with van der Waals surface area (Å²) in [5, 5.41) is 3.42. The molecule has 18 heavy (non-hydrogen) atoms. The first kappa shape index (κ1) is 14.0. The maximum absolute atomic E-state index is 5.98. The lowest BCUT2D eigenvalue weighted by atomic mass is 9.98. The second kappa shape index (κ2) is 6.15. The van der Waals surface area contributed by atoms with Crippen LogP contribution in [0.4, 0.5) is 0 Å². The van der Waals surface area contributed by atoms with E-state index < -0.39 is 0 Å². The second-order valence-electron chi connectivity index (χ2n) is 5.01. The SMILES string of the molecule is CCNCC1OCCN(C)C1c1cc(C)sc1C. The minimum Gasteiger partial charge on any atom is -0.374 e. The molecule has 1 aromatic heterocycles. The predicted molar refractivity (Wildman–Crippen MR) is 77.4 cm³/mol. The highest BCUT2D eigenvalue weighted by Crippen LogP contribution is 2.34. The highest BCUT2D eigenvalue weighted by molar-refractivity contribution is 7.12. The van der Waals surface area contributed by atoms with Crippen LogP contribution in [-0.2, 0) is 4.74 Å². The van der Waals surface area contributed by atoms with Gasteiger partial charge >= 0.3 is 0 Å². The van der Waals surface area contributed by atoms with Crippen LogP contribution < -0.4 is 5.32 Å². The summed E-state index contributed by atoms with van der Waals surface area (Å²) in [7, 11) is 2.21. The quantitative estimate of drug-likeness (QED) is 0.907. The number of likely N-dealkylation sites (N-methyl/N-ethyl adjacent to an activating group) is 2. The molecular formula is C14H24N2OS. The number of thiophene rings is 1. The van der Waals surface area contributed by atoms with E-state index in [4.69, 9.17) is 4.74 Å². The molecule has 2 heterocycles. The molecule has 1 aromatic rings. The molecule has 1 saturated heterocycles. The van der Waals surface area contributed by atoms with Crippen molar-refractivity contribution in [2.75, 3.05) is 33.3 Å². The monoisotopic (exact) mass is 268 g/mol. The molecule has 2 unspecified atom stereocenters. The molecule has 1 aliphatic rings. The fraction of sp³-hybridized carbons (Fsp3) is 0.714. The summed E-state index contributed by atoms with van der Waals surface area (Å²) in [6.07, 6.45) is 0.261. The van der Waals surface area contributed by atoms with Gasteiger partial charge in [-0.2, -0.15) is 0 Å². The van der Waals surface area contributed by atoms with Crippen LogP contribution in [0.25, 0.3) is 0 Å². The number of hydrogen-bond donors (Lipinski definition) is 1. The van der Waals surface area contributed by atoms with Gasteiger partial charge in [-0.05, 0) is 39.1 Å². The molecule has 4 heteroatoms. The molecule has 0 aliphatic carbocycles. The number of aryl methyl sites for hydroxylation is 2. The molecular weight excluding hydrogens is 244 g/mol. The predicted octanol–water partition coefficient (Wildman–Crippen LogP) is 2.35. The lowest BCUT2D eigenvalue weighted by Crippen LogP contribution is -2.47. The molecule has 102 valence electrons. The third-order valence-corrected chi connectivity index (χ3v) is 4.58. The smallest absolute Gasteiger partial charge is 0.0896 e. The first-order valence-electron chi connectivity index (χ1n) is 6.73. The summed E-state index contributed by atoms with van der Waals surface area (Å²) in [4.78, 5) is 5.25. The van der Waals surface area contributed by atoms with Gasteiger partial charge in [0.15, 0.2) is 0 Å². The maximum Gasteiger partial charge on any atom is 0.0896 e. The van der Waals surface area contributed by atoms with E-state index in [9.17, 15) is 0 Å². The second-order valence-corrected chi connectivity index (χ2v) is 6.47. The van der Waals surface area contributed by atoms with Crippen LogP contribution in [0, 0.1) is 13.8 Å². The number of nitrogens with zero attached hydrogens (tertiary/aromatic N) is 1.